The average Bonchev–Trinajstić information content (AvgIpc) is 3.48. The monoisotopic (exact) mass is 666 g/mol. The molecule has 7 rings (SSSR count). The van der Waals surface area contributed by atoms with Crippen LogP contribution < -0.4 is 14.4 Å². The van der Waals surface area contributed by atoms with Crippen LogP contribution in [-0.2, 0) is 24.6 Å². The number of hydrogen-bond acceptors (Lipinski definition) is 7. The van der Waals surface area contributed by atoms with Crippen LogP contribution in [0.4, 0.5) is 5.69 Å². The molecule has 10 heteroatoms. The lowest BCUT2D eigenvalue weighted by Crippen LogP contribution is -2.54. The highest BCUT2D eigenvalue weighted by molar-refractivity contribution is 6.32. The number of fused-ring (bicyclic) bond motifs is 4. The Morgan fingerprint density at radius 3 is 2.27 bits per heavy atom. The summed E-state index contributed by atoms with van der Waals surface area (Å²) in [5.41, 5.74) is 1.17. The van der Waals surface area contributed by atoms with Gasteiger partial charge < -0.3 is 14.6 Å². The molecule has 3 fully saturated rings. The number of aromatic hydroxyl groups is 1. The molecule has 9 nitrogen and oxygen atoms in total. The maximum Gasteiger partial charge on any atom is 0.246 e. The number of phenols is 1. The Labute approximate surface area is 283 Å². The molecule has 0 unspecified atom stereocenters. The van der Waals surface area contributed by atoms with E-state index in [0.29, 0.717) is 28.3 Å². The minimum absolute atomic E-state index is 0.143. The summed E-state index contributed by atoms with van der Waals surface area (Å²) in [4.78, 5) is 59.6. The highest BCUT2D eigenvalue weighted by Gasteiger charge is 2.69. The van der Waals surface area contributed by atoms with Crippen LogP contribution in [-0.4, -0.2) is 54.4 Å². The second kappa shape index (κ2) is 12.0. The number of imide groups is 2. The number of carbonyl (C=O) groups excluding carboxylic acids is 4. The summed E-state index contributed by atoms with van der Waals surface area (Å²) in [5, 5.41) is 10.9. The third-order valence-electron chi connectivity index (χ3n) is 10.6. The summed E-state index contributed by atoms with van der Waals surface area (Å²) >= 11 is 6.37. The third-order valence-corrected chi connectivity index (χ3v) is 10.9. The van der Waals surface area contributed by atoms with Crippen molar-refractivity contribution in [3.63, 3.8) is 0 Å². The topological polar surface area (TPSA) is 113 Å². The Kier molecular flexibility index (Phi) is 7.90. The third kappa shape index (κ3) is 4.51. The molecular weight excluding hydrogens is 632 g/mol. The van der Waals surface area contributed by atoms with E-state index in [2.05, 4.69) is 0 Å². The summed E-state index contributed by atoms with van der Waals surface area (Å²) in [7, 11) is 2.89. The van der Waals surface area contributed by atoms with Gasteiger partial charge in [-0.3, -0.25) is 24.1 Å². The van der Waals surface area contributed by atoms with Gasteiger partial charge in [0.25, 0.3) is 0 Å². The fourth-order valence-corrected chi connectivity index (χ4v) is 8.77. The van der Waals surface area contributed by atoms with E-state index in [9.17, 15) is 19.5 Å². The standard InChI is InChI=1S/C38H35ClN2O7/c1-4-40-34(43)26-15-14-25-27(32(26)36(40)45)20-29-35(44)41(24-12-8-11-23(39)19-24)37(46)38(29,22-9-6-5-7-10-22)28(25)16-13-21-17-30(47-2)33(42)31(18-21)48-3/h5-14,16-19,26-29,32,42H,4,15,20H2,1-3H3/t26-,27+,28-,29-,32-,38-/m0/s1. The minimum Gasteiger partial charge on any atom is -0.502 e. The van der Waals surface area contributed by atoms with Crippen LogP contribution in [0.5, 0.6) is 17.2 Å². The van der Waals surface area contributed by atoms with Gasteiger partial charge in [0.1, 0.15) is 0 Å². The highest BCUT2D eigenvalue weighted by Crippen LogP contribution is 2.62. The molecule has 1 N–H and O–H groups in total. The van der Waals surface area contributed by atoms with Gasteiger partial charge in [-0.2, -0.15) is 0 Å². The van der Waals surface area contributed by atoms with Crippen molar-refractivity contribution in [1.82, 2.24) is 4.90 Å². The van der Waals surface area contributed by atoms with Crippen molar-refractivity contribution in [2.24, 2.45) is 29.6 Å². The molecule has 0 bridgehead atoms. The molecule has 2 saturated heterocycles. The molecule has 0 spiro atoms. The maximum absolute atomic E-state index is 15.2. The number of methoxy groups -OCH3 is 2. The predicted molar refractivity (Wildman–Crippen MR) is 179 cm³/mol. The normalized spacial score (nSPS) is 28.0. The van der Waals surface area contributed by atoms with Gasteiger partial charge >= 0.3 is 0 Å². The zero-order valence-electron chi connectivity index (χ0n) is 26.8. The SMILES string of the molecule is CCN1C(=O)[C@H]2[C@H](CC=C3[C@H]2C[C@H]2C(=O)N(c4cccc(Cl)c4)C(=O)[C@@]2(c2ccccc2)[C@H]3C=Cc2cc(OC)c(O)c(OC)c2)C1=O. The van der Waals surface area contributed by atoms with Gasteiger partial charge in [0.15, 0.2) is 11.5 Å². The predicted octanol–water partition coefficient (Wildman–Crippen LogP) is 5.79. The zero-order chi connectivity index (χ0) is 33.9. The number of carbonyl (C=O) groups is 4. The molecule has 2 aliphatic carbocycles. The Morgan fingerprint density at radius 2 is 1.62 bits per heavy atom. The minimum atomic E-state index is -1.37. The Hall–Kier alpha value is -4.89. The first-order chi connectivity index (χ1) is 23.2. The molecule has 2 heterocycles. The maximum atomic E-state index is 15.2. The van der Waals surface area contributed by atoms with E-state index in [1.807, 2.05) is 48.6 Å². The molecule has 48 heavy (non-hydrogen) atoms. The van der Waals surface area contributed by atoms with E-state index in [1.165, 1.54) is 24.0 Å². The number of benzene rings is 3. The average molecular weight is 667 g/mol. The summed E-state index contributed by atoms with van der Waals surface area (Å²) in [6.07, 6.45) is 6.34. The number of allylic oxidation sites excluding steroid dienone is 3. The fraction of sp³-hybridized carbons (Fsp3) is 0.316. The van der Waals surface area contributed by atoms with Crippen LogP contribution in [0.2, 0.25) is 5.02 Å². The van der Waals surface area contributed by atoms with Crippen LogP contribution in [0.1, 0.15) is 30.9 Å². The van der Waals surface area contributed by atoms with Crippen LogP contribution in [0.3, 0.4) is 0 Å². The molecule has 246 valence electrons. The lowest BCUT2D eigenvalue weighted by Gasteiger charge is -2.49. The van der Waals surface area contributed by atoms with E-state index in [-0.39, 0.29) is 53.8 Å². The first-order valence-electron chi connectivity index (χ1n) is 16.0. The van der Waals surface area contributed by atoms with Crippen LogP contribution in [0.15, 0.2) is 84.5 Å². The lowest BCUT2D eigenvalue weighted by atomic mass is 9.50. The van der Waals surface area contributed by atoms with Crippen molar-refractivity contribution in [2.45, 2.75) is 25.2 Å². The van der Waals surface area contributed by atoms with E-state index in [4.69, 9.17) is 21.1 Å². The van der Waals surface area contributed by atoms with Crippen LogP contribution >= 0.6 is 11.6 Å². The molecule has 3 aromatic carbocycles. The number of rotatable bonds is 7. The van der Waals surface area contributed by atoms with Gasteiger partial charge in [0.05, 0.1) is 43.1 Å². The number of phenolic OH excluding ortho intramolecular Hbond substituents is 1. The molecule has 3 aromatic rings. The summed E-state index contributed by atoms with van der Waals surface area (Å²) in [6.45, 7) is 2.06. The quantitative estimate of drug-likeness (QED) is 0.251. The zero-order valence-corrected chi connectivity index (χ0v) is 27.5. The van der Waals surface area contributed by atoms with Crippen molar-refractivity contribution >= 4 is 47.0 Å². The smallest absolute Gasteiger partial charge is 0.246 e. The molecular formula is C38H35ClN2O7. The fourth-order valence-electron chi connectivity index (χ4n) is 8.58. The van der Waals surface area contributed by atoms with Gasteiger partial charge in [-0.05, 0) is 67.1 Å². The number of likely N-dealkylation sites (tertiary alicyclic amines) is 1. The lowest BCUT2D eigenvalue weighted by molar-refractivity contribution is -0.140. The van der Waals surface area contributed by atoms with E-state index >= 15 is 4.79 Å². The number of amides is 4. The van der Waals surface area contributed by atoms with Gasteiger partial charge in [0, 0.05) is 17.5 Å². The number of hydrogen-bond donors (Lipinski definition) is 1. The van der Waals surface area contributed by atoms with Crippen molar-refractivity contribution in [3.05, 3.63) is 101 Å². The molecule has 2 aliphatic heterocycles. The molecule has 4 amide bonds. The number of anilines is 1. The van der Waals surface area contributed by atoms with E-state index in [0.717, 1.165) is 5.57 Å². The van der Waals surface area contributed by atoms with E-state index in [1.54, 1.807) is 43.3 Å². The first-order valence-corrected chi connectivity index (χ1v) is 16.4. The number of nitrogens with zero attached hydrogens (tertiary/aromatic N) is 2. The summed E-state index contributed by atoms with van der Waals surface area (Å²) in [5.74, 6) is -3.99. The van der Waals surface area contributed by atoms with Crippen LogP contribution in [0, 0.1) is 29.6 Å². The number of halogens is 1. The van der Waals surface area contributed by atoms with Gasteiger partial charge in [-0.25, -0.2) is 4.90 Å². The van der Waals surface area contributed by atoms with Crippen LogP contribution in [0.25, 0.3) is 6.08 Å². The van der Waals surface area contributed by atoms with Gasteiger partial charge in [-0.15, -0.1) is 0 Å². The van der Waals surface area contributed by atoms with E-state index < -0.39 is 35.0 Å². The first kappa shape index (κ1) is 31.7. The van der Waals surface area contributed by atoms with Crippen molar-refractivity contribution < 1.29 is 33.8 Å². The molecule has 6 atom stereocenters. The Morgan fingerprint density at radius 1 is 0.917 bits per heavy atom. The largest absolute Gasteiger partial charge is 0.502 e. The molecule has 0 radical (unpaired) electrons. The summed E-state index contributed by atoms with van der Waals surface area (Å²) in [6, 6.07) is 19.3. The molecule has 1 saturated carbocycles. The second-order valence-electron chi connectivity index (χ2n) is 12.7. The highest BCUT2D eigenvalue weighted by atomic mass is 35.5. The Balaban J connectivity index is 1.46. The summed E-state index contributed by atoms with van der Waals surface area (Å²) < 4.78 is 10.8. The van der Waals surface area contributed by atoms with Crippen molar-refractivity contribution in [2.75, 3.05) is 25.7 Å². The molecule has 0 aromatic heterocycles. The van der Waals surface area contributed by atoms with Gasteiger partial charge in [0.2, 0.25) is 29.4 Å². The van der Waals surface area contributed by atoms with Gasteiger partial charge in [-0.1, -0.05) is 71.8 Å². The Bertz CT molecular complexity index is 1880. The van der Waals surface area contributed by atoms with Crippen molar-refractivity contribution in [3.8, 4) is 17.2 Å². The number of ether oxygens (including phenoxy) is 2. The second-order valence-corrected chi connectivity index (χ2v) is 13.1. The van der Waals surface area contributed by atoms with Crippen molar-refractivity contribution in [1.29, 1.82) is 0 Å². The molecule has 4 aliphatic rings.